The predicted molar refractivity (Wildman–Crippen MR) is 121 cm³/mol. The molecule has 160 valence electrons. The zero-order valence-corrected chi connectivity index (χ0v) is 18.5. The number of carbonyl (C=O) groups is 3. The summed E-state index contributed by atoms with van der Waals surface area (Å²) < 4.78 is 13.3. The number of benzene rings is 2. The van der Waals surface area contributed by atoms with E-state index >= 15 is 0 Å². The maximum absolute atomic E-state index is 13.3. The van der Waals surface area contributed by atoms with E-state index in [1.54, 1.807) is 39.2 Å². The summed E-state index contributed by atoms with van der Waals surface area (Å²) in [4.78, 5) is 39.1. The molecule has 0 saturated carbocycles. The first-order valence-corrected chi connectivity index (χ1v) is 10.3. The molecule has 3 rings (SSSR count). The van der Waals surface area contributed by atoms with Crippen LogP contribution >= 0.6 is 22.9 Å². The smallest absolute Gasteiger partial charge is 0.266 e. The van der Waals surface area contributed by atoms with E-state index in [9.17, 15) is 18.8 Å². The fraction of sp³-hybridized carbons (Fsp3) is 0.136. The molecule has 0 aliphatic carbocycles. The number of anilines is 2. The minimum atomic E-state index is -0.509. The maximum Gasteiger partial charge on any atom is 0.266 e. The third-order valence-electron chi connectivity index (χ3n) is 4.31. The van der Waals surface area contributed by atoms with Gasteiger partial charge in [-0.1, -0.05) is 17.7 Å². The number of amides is 3. The molecule has 0 radical (unpaired) electrons. The monoisotopic (exact) mass is 459 g/mol. The van der Waals surface area contributed by atoms with Gasteiger partial charge in [0.2, 0.25) is 0 Å². The van der Waals surface area contributed by atoms with Crippen molar-refractivity contribution in [3.05, 3.63) is 80.9 Å². The Morgan fingerprint density at radius 3 is 2.42 bits per heavy atom. The third kappa shape index (κ3) is 5.28. The number of rotatable bonds is 5. The summed E-state index contributed by atoms with van der Waals surface area (Å²) >= 11 is 7.20. The summed E-state index contributed by atoms with van der Waals surface area (Å²) in [5, 5.41) is 6.16. The van der Waals surface area contributed by atoms with E-state index in [0.717, 1.165) is 17.4 Å². The number of carbonyl (C=O) groups excluding carboxylic acids is 3. The summed E-state index contributed by atoms with van der Waals surface area (Å²) in [6, 6.07) is 11.7. The molecule has 0 fully saturated rings. The van der Waals surface area contributed by atoms with Crippen LogP contribution in [-0.4, -0.2) is 36.7 Å². The summed E-state index contributed by atoms with van der Waals surface area (Å²) in [7, 11) is 3.22. The number of aryl methyl sites for hydroxylation is 1. The van der Waals surface area contributed by atoms with E-state index in [1.807, 2.05) is 0 Å². The number of nitrogens with zero attached hydrogens (tertiary/aromatic N) is 1. The van der Waals surface area contributed by atoms with Crippen molar-refractivity contribution in [2.24, 2.45) is 0 Å². The molecule has 0 bridgehead atoms. The SMILES string of the molecule is Cc1cc(NC(=O)c2cccc(F)c2)sc1C(=O)Nc1ccc(Cl)c(C(=O)N(C)C)c1. The third-order valence-corrected chi connectivity index (χ3v) is 5.79. The fourth-order valence-corrected chi connectivity index (χ4v) is 3.94. The number of hydrogen-bond acceptors (Lipinski definition) is 4. The summed E-state index contributed by atoms with van der Waals surface area (Å²) in [6.07, 6.45) is 0. The second-order valence-electron chi connectivity index (χ2n) is 6.94. The second kappa shape index (κ2) is 9.28. The lowest BCUT2D eigenvalue weighted by molar-refractivity contribution is 0.0827. The predicted octanol–water partition coefficient (Wildman–Crippen LogP) is 5.06. The van der Waals surface area contributed by atoms with Crippen molar-refractivity contribution >= 4 is 51.3 Å². The summed E-state index contributed by atoms with van der Waals surface area (Å²) in [5.41, 5.74) is 1.53. The Bertz CT molecular complexity index is 1180. The molecule has 9 heteroatoms. The Morgan fingerprint density at radius 2 is 1.74 bits per heavy atom. The van der Waals surface area contributed by atoms with Gasteiger partial charge in [0.05, 0.1) is 20.5 Å². The highest BCUT2D eigenvalue weighted by molar-refractivity contribution is 7.18. The molecule has 1 aromatic heterocycles. The van der Waals surface area contributed by atoms with E-state index in [1.165, 1.54) is 29.2 Å². The van der Waals surface area contributed by atoms with Gasteiger partial charge in [-0.15, -0.1) is 11.3 Å². The van der Waals surface area contributed by atoms with Gasteiger partial charge in [0.25, 0.3) is 17.7 Å². The Kier molecular flexibility index (Phi) is 6.72. The Morgan fingerprint density at radius 1 is 1.00 bits per heavy atom. The Labute approximate surface area is 187 Å². The average Bonchev–Trinajstić information content (AvgIpc) is 3.08. The molecular formula is C22H19ClFN3O3S. The molecular weight excluding hydrogens is 441 g/mol. The Hall–Kier alpha value is -3.23. The van der Waals surface area contributed by atoms with Crippen molar-refractivity contribution in [2.45, 2.75) is 6.92 Å². The second-order valence-corrected chi connectivity index (χ2v) is 8.39. The van der Waals surface area contributed by atoms with E-state index in [2.05, 4.69) is 10.6 Å². The minimum absolute atomic E-state index is 0.177. The molecule has 0 saturated heterocycles. The standard InChI is InChI=1S/C22H19ClFN3O3S/c1-12-9-18(26-20(28)13-5-4-6-14(24)10-13)31-19(12)21(29)25-15-7-8-17(23)16(11-15)22(30)27(2)3/h4-11H,1-3H3,(H,25,29)(H,26,28). The van der Waals surface area contributed by atoms with Crippen LogP contribution in [0, 0.1) is 12.7 Å². The highest BCUT2D eigenvalue weighted by Gasteiger charge is 2.18. The van der Waals surface area contributed by atoms with Gasteiger partial charge in [-0.25, -0.2) is 4.39 Å². The zero-order valence-electron chi connectivity index (χ0n) is 17.0. The van der Waals surface area contributed by atoms with Gasteiger partial charge >= 0.3 is 0 Å². The van der Waals surface area contributed by atoms with Gasteiger partial charge < -0.3 is 15.5 Å². The fourth-order valence-electron chi connectivity index (χ4n) is 2.78. The molecule has 0 spiro atoms. The van der Waals surface area contributed by atoms with Crippen LogP contribution < -0.4 is 10.6 Å². The van der Waals surface area contributed by atoms with Crippen molar-refractivity contribution in [2.75, 3.05) is 24.7 Å². The van der Waals surface area contributed by atoms with Crippen LogP contribution in [-0.2, 0) is 0 Å². The molecule has 3 amide bonds. The lowest BCUT2D eigenvalue weighted by Gasteiger charge is -2.13. The first kappa shape index (κ1) is 22.5. The highest BCUT2D eigenvalue weighted by Crippen LogP contribution is 2.29. The van der Waals surface area contributed by atoms with Crippen LogP contribution in [0.1, 0.15) is 36.0 Å². The number of halogens is 2. The van der Waals surface area contributed by atoms with Crippen molar-refractivity contribution in [1.29, 1.82) is 0 Å². The molecule has 2 N–H and O–H groups in total. The Balaban J connectivity index is 1.76. The minimum Gasteiger partial charge on any atom is -0.345 e. The lowest BCUT2D eigenvalue weighted by Crippen LogP contribution is -2.22. The maximum atomic E-state index is 13.3. The number of thiophene rings is 1. The van der Waals surface area contributed by atoms with E-state index < -0.39 is 11.7 Å². The van der Waals surface area contributed by atoms with Crippen molar-refractivity contribution in [3.63, 3.8) is 0 Å². The van der Waals surface area contributed by atoms with Crippen LogP contribution in [0.2, 0.25) is 5.02 Å². The first-order valence-electron chi connectivity index (χ1n) is 9.15. The molecule has 0 aliphatic rings. The average molecular weight is 460 g/mol. The van der Waals surface area contributed by atoms with Crippen LogP contribution in [0.25, 0.3) is 0 Å². The molecule has 1 heterocycles. The van der Waals surface area contributed by atoms with E-state index in [4.69, 9.17) is 11.6 Å². The van der Waals surface area contributed by atoms with Gasteiger partial charge in [-0.2, -0.15) is 0 Å². The summed E-state index contributed by atoms with van der Waals surface area (Å²) in [5.74, 6) is -1.66. The van der Waals surface area contributed by atoms with Crippen molar-refractivity contribution in [1.82, 2.24) is 4.90 Å². The highest BCUT2D eigenvalue weighted by atomic mass is 35.5. The van der Waals surface area contributed by atoms with Crippen LogP contribution in [0.3, 0.4) is 0 Å². The molecule has 0 unspecified atom stereocenters. The van der Waals surface area contributed by atoms with Crippen LogP contribution in [0.5, 0.6) is 0 Å². The molecule has 31 heavy (non-hydrogen) atoms. The molecule has 3 aromatic rings. The van der Waals surface area contributed by atoms with Crippen LogP contribution in [0.15, 0.2) is 48.5 Å². The summed E-state index contributed by atoms with van der Waals surface area (Å²) in [6.45, 7) is 1.74. The molecule has 0 atom stereocenters. The van der Waals surface area contributed by atoms with Crippen molar-refractivity contribution < 1.29 is 18.8 Å². The lowest BCUT2D eigenvalue weighted by atomic mass is 10.1. The van der Waals surface area contributed by atoms with Crippen molar-refractivity contribution in [3.8, 4) is 0 Å². The molecule has 0 aliphatic heterocycles. The van der Waals surface area contributed by atoms with Gasteiger partial charge in [0.15, 0.2) is 0 Å². The van der Waals surface area contributed by atoms with Gasteiger partial charge in [-0.05, 0) is 55.0 Å². The number of nitrogens with one attached hydrogen (secondary N) is 2. The first-order chi connectivity index (χ1) is 14.7. The van der Waals surface area contributed by atoms with Crippen LogP contribution in [0.4, 0.5) is 15.1 Å². The zero-order chi connectivity index (χ0) is 22.7. The normalized spacial score (nSPS) is 10.5. The molecule has 2 aromatic carbocycles. The van der Waals surface area contributed by atoms with E-state index in [0.29, 0.717) is 21.1 Å². The largest absolute Gasteiger partial charge is 0.345 e. The molecule has 6 nitrogen and oxygen atoms in total. The topological polar surface area (TPSA) is 78.5 Å². The van der Waals surface area contributed by atoms with E-state index in [-0.39, 0.29) is 28.0 Å². The van der Waals surface area contributed by atoms with Gasteiger partial charge in [-0.3, -0.25) is 14.4 Å². The van der Waals surface area contributed by atoms with Gasteiger partial charge in [0, 0.05) is 25.3 Å². The quantitative estimate of drug-likeness (QED) is 0.560. The van der Waals surface area contributed by atoms with Gasteiger partial charge in [0.1, 0.15) is 5.82 Å². The number of hydrogen-bond donors (Lipinski definition) is 2.